The van der Waals surface area contributed by atoms with Gasteiger partial charge in [0.05, 0.1) is 25.9 Å². The second-order valence-electron chi connectivity index (χ2n) is 8.07. The Kier molecular flexibility index (Phi) is 10.6. The molecular weight excluding hydrogens is 422 g/mol. The van der Waals surface area contributed by atoms with Crippen LogP contribution in [0.4, 0.5) is 0 Å². The summed E-state index contributed by atoms with van der Waals surface area (Å²) in [4.78, 5) is 2.96. The molecule has 0 unspecified atom stereocenters. The monoisotopic (exact) mass is 455 g/mol. The zero-order valence-corrected chi connectivity index (χ0v) is 19.0. The molecule has 0 saturated carbocycles. The average Bonchev–Trinajstić information content (AvgIpc) is 2.85. The molecule has 1 fully saturated rings. The first-order valence-electron chi connectivity index (χ1n) is 11.5. The highest BCUT2D eigenvalue weighted by atomic mass is 16.7. The molecule has 1 aliphatic heterocycles. The minimum atomic E-state index is -1.05. The Hall–Kier alpha value is -2.45. The zero-order chi connectivity index (χ0) is 23.3. The fourth-order valence-corrected chi connectivity index (χ4v) is 3.74. The minimum absolute atomic E-state index is 0.152. The first kappa shape index (κ1) is 25.2. The summed E-state index contributed by atoms with van der Waals surface area (Å²) in [6, 6.07) is 18.6. The van der Waals surface area contributed by atoms with Gasteiger partial charge in [-0.05, 0) is 23.1 Å². The van der Waals surface area contributed by atoms with Crippen LogP contribution in [0.2, 0.25) is 0 Å². The van der Waals surface area contributed by atoms with Crippen molar-refractivity contribution >= 4 is 0 Å². The van der Waals surface area contributed by atoms with Gasteiger partial charge in [-0.15, -0.1) is 0 Å². The maximum Gasteiger partial charge on any atom is 0.169 e. The van der Waals surface area contributed by atoms with Crippen molar-refractivity contribution in [2.24, 2.45) is 5.11 Å². The molecule has 0 aliphatic carbocycles. The van der Waals surface area contributed by atoms with Crippen molar-refractivity contribution in [2.75, 3.05) is 13.2 Å². The maximum absolute atomic E-state index is 11.1. The van der Waals surface area contributed by atoms with Crippen molar-refractivity contribution in [1.82, 2.24) is 0 Å². The Balaban J connectivity index is 1.69. The van der Waals surface area contributed by atoms with Crippen molar-refractivity contribution in [3.8, 4) is 0 Å². The van der Waals surface area contributed by atoms with Crippen molar-refractivity contribution < 1.29 is 24.1 Å². The number of aliphatic hydroxyl groups excluding tert-OH is 1. The van der Waals surface area contributed by atoms with Gasteiger partial charge in [0, 0.05) is 11.5 Å². The van der Waals surface area contributed by atoms with E-state index >= 15 is 0 Å². The van der Waals surface area contributed by atoms with Crippen LogP contribution < -0.4 is 0 Å². The Bertz CT molecular complexity index is 848. The molecule has 1 aliphatic rings. The summed E-state index contributed by atoms with van der Waals surface area (Å²) in [6.07, 6.45) is -0.396. The molecule has 2 aromatic rings. The molecule has 1 saturated heterocycles. The van der Waals surface area contributed by atoms with E-state index in [1.807, 2.05) is 60.7 Å². The van der Waals surface area contributed by atoms with E-state index in [2.05, 4.69) is 16.9 Å². The number of aliphatic hydroxyl groups is 1. The predicted octanol–water partition coefficient (Wildman–Crippen LogP) is 4.76. The molecule has 3 rings (SSSR count). The van der Waals surface area contributed by atoms with Gasteiger partial charge < -0.3 is 24.1 Å². The second-order valence-corrected chi connectivity index (χ2v) is 8.07. The zero-order valence-electron chi connectivity index (χ0n) is 19.0. The van der Waals surface area contributed by atoms with Crippen LogP contribution >= 0.6 is 0 Å². The standard InChI is InChI=1S/C25H33N3O5/c1-2-3-10-15-31-25-22(27-28-26)24(32-17-20-13-8-5-9-14-20)23(29)21(33-25)18-30-16-19-11-6-4-7-12-19/h4-9,11-14,21-25,29H,2-3,10,15-18H2,1H3/t21-,22-,23-,24-,25-/m1/s1. The third-order valence-electron chi connectivity index (χ3n) is 5.54. The molecule has 2 aromatic carbocycles. The average molecular weight is 456 g/mol. The van der Waals surface area contributed by atoms with Crippen LogP contribution in [-0.2, 0) is 32.2 Å². The maximum atomic E-state index is 11.1. The molecule has 8 nitrogen and oxygen atoms in total. The fraction of sp³-hybridized carbons (Fsp3) is 0.520. The van der Waals surface area contributed by atoms with E-state index in [4.69, 9.17) is 24.5 Å². The summed E-state index contributed by atoms with van der Waals surface area (Å²) < 4.78 is 23.9. The number of nitrogens with zero attached hydrogens (tertiary/aromatic N) is 3. The Labute approximate surface area is 195 Å². The van der Waals surface area contributed by atoms with E-state index in [0.29, 0.717) is 13.2 Å². The van der Waals surface area contributed by atoms with Gasteiger partial charge in [0.25, 0.3) is 0 Å². The fourth-order valence-electron chi connectivity index (χ4n) is 3.74. The van der Waals surface area contributed by atoms with E-state index in [9.17, 15) is 5.11 Å². The quantitative estimate of drug-likeness (QED) is 0.203. The summed E-state index contributed by atoms with van der Waals surface area (Å²) >= 11 is 0. The van der Waals surface area contributed by atoms with Gasteiger partial charge >= 0.3 is 0 Å². The second kappa shape index (κ2) is 14.0. The van der Waals surface area contributed by atoms with E-state index in [1.54, 1.807) is 0 Å². The van der Waals surface area contributed by atoms with Gasteiger partial charge in [0.15, 0.2) is 6.29 Å². The van der Waals surface area contributed by atoms with Gasteiger partial charge in [-0.3, -0.25) is 0 Å². The van der Waals surface area contributed by atoms with Crippen LogP contribution in [0.1, 0.15) is 37.3 Å². The summed E-state index contributed by atoms with van der Waals surface area (Å²) in [7, 11) is 0. The molecule has 0 amide bonds. The van der Waals surface area contributed by atoms with Crippen molar-refractivity contribution in [2.45, 2.75) is 70.0 Å². The molecule has 0 bridgehead atoms. The highest BCUT2D eigenvalue weighted by molar-refractivity contribution is 5.14. The molecule has 0 aromatic heterocycles. The van der Waals surface area contributed by atoms with Gasteiger partial charge in [-0.1, -0.05) is 85.5 Å². The largest absolute Gasteiger partial charge is 0.388 e. The number of benzene rings is 2. The third-order valence-corrected chi connectivity index (χ3v) is 5.54. The Morgan fingerprint density at radius 1 is 0.970 bits per heavy atom. The van der Waals surface area contributed by atoms with Gasteiger partial charge in [-0.2, -0.15) is 0 Å². The number of hydrogen-bond donors (Lipinski definition) is 1. The molecule has 0 spiro atoms. The summed E-state index contributed by atoms with van der Waals surface area (Å²) in [5.74, 6) is 0. The number of azide groups is 1. The molecule has 1 heterocycles. The minimum Gasteiger partial charge on any atom is -0.388 e. The number of rotatable bonds is 13. The lowest BCUT2D eigenvalue weighted by molar-refractivity contribution is -0.276. The summed E-state index contributed by atoms with van der Waals surface area (Å²) in [5.41, 5.74) is 11.1. The van der Waals surface area contributed by atoms with E-state index < -0.39 is 30.6 Å². The lowest BCUT2D eigenvalue weighted by Gasteiger charge is -2.42. The van der Waals surface area contributed by atoms with E-state index in [1.165, 1.54) is 0 Å². The molecule has 0 radical (unpaired) electrons. The molecule has 33 heavy (non-hydrogen) atoms. The van der Waals surface area contributed by atoms with Crippen LogP contribution in [0.3, 0.4) is 0 Å². The lowest BCUT2D eigenvalue weighted by Crippen LogP contribution is -2.59. The summed E-state index contributed by atoms with van der Waals surface area (Å²) in [5, 5.41) is 14.9. The van der Waals surface area contributed by atoms with Gasteiger partial charge in [0.2, 0.25) is 0 Å². The SMILES string of the molecule is CCCCCO[C@@H]1O[C@H](COCc2ccccc2)[C@@H](O)[C@H](OCc2ccccc2)[C@H]1N=[N+]=[N-]. The van der Waals surface area contributed by atoms with Crippen LogP contribution in [0.5, 0.6) is 0 Å². The Morgan fingerprint density at radius 3 is 2.27 bits per heavy atom. The number of unbranched alkanes of at least 4 members (excludes halogenated alkanes) is 2. The third kappa shape index (κ3) is 7.82. The molecule has 5 atom stereocenters. The first-order valence-corrected chi connectivity index (χ1v) is 11.5. The molecular formula is C25H33N3O5. The van der Waals surface area contributed by atoms with Crippen LogP contribution in [0, 0.1) is 0 Å². The predicted molar refractivity (Wildman–Crippen MR) is 124 cm³/mol. The normalized spacial score (nSPS) is 24.8. The highest BCUT2D eigenvalue weighted by Gasteiger charge is 2.46. The molecule has 178 valence electrons. The number of hydrogen-bond acceptors (Lipinski definition) is 6. The van der Waals surface area contributed by atoms with Crippen LogP contribution in [0.25, 0.3) is 10.4 Å². The van der Waals surface area contributed by atoms with Crippen molar-refractivity contribution in [3.63, 3.8) is 0 Å². The smallest absolute Gasteiger partial charge is 0.169 e. The van der Waals surface area contributed by atoms with Gasteiger partial charge in [-0.25, -0.2) is 0 Å². The first-order chi connectivity index (χ1) is 16.2. The topological polar surface area (TPSA) is 106 Å². The summed E-state index contributed by atoms with van der Waals surface area (Å²) in [6.45, 7) is 3.39. The van der Waals surface area contributed by atoms with Crippen LogP contribution in [0.15, 0.2) is 65.8 Å². The van der Waals surface area contributed by atoms with Crippen molar-refractivity contribution in [3.05, 3.63) is 82.2 Å². The van der Waals surface area contributed by atoms with Gasteiger partial charge in [0.1, 0.15) is 18.2 Å². The van der Waals surface area contributed by atoms with E-state index in [-0.39, 0.29) is 13.2 Å². The molecule has 1 N–H and O–H groups in total. The molecule has 8 heteroatoms. The van der Waals surface area contributed by atoms with Crippen molar-refractivity contribution in [1.29, 1.82) is 0 Å². The lowest BCUT2D eigenvalue weighted by atomic mass is 9.97. The van der Waals surface area contributed by atoms with Crippen LogP contribution in [-0.4, -0.2) is 49.0 Å². The Morgan fingerprint density at radius 2 is 1.64 bits per heavy atom. The highest BCUT2D eigenvalue weighted by Crippen LogP contribution is 2.28. The van der Waals surface area contributed by atoms with E-state index in [0.717, 1.165) is 30.4 Å². The number of ether oxygens (including phenoxy) is 4.